The minimum Gasteiger partial charge on any atom is -0.475 e. The zero-order valence-electron chi connectivity index (χ0n) is 11.0. The smallest absolute Gasteiger partial charge is 0.216 e. The van der Waals surface area contributed by atoms with Crippen molar-refractivity contribution in [2.24, 2.45) is 0 Å². The SMILES string of the molecule is OCCOCCOCCOc1cc(C(Cl)(Cl)Cl)cc(Cl)n1. The Bertz CT molecular complexity index is 428. The third kappa shape index (κ3) is 8.26. The van der Waals surface area contributed by atoms with Crippen LogP contribution in [-0.4, -0.2) is 49.7 Å². The van der Waals surface area contributed by atoms with E-state index in [0.29, 0.717) is 32.0 Å². The van der Waals surface area contributed by atoms with Crippen molar-refractivity contribution in [2.75, 3.05) is 39.6 Å². The summed E-state index contributed by atoms with van der Waals surface area (Å²) in [4.78, 5) is 3.96. The standard InChI is InChI=1S/C12H15Cl4NO4/c13-10-7-9(12(14,15)16)8-11(17-10)21-6-5-20-4-3-19-2-1-18/h7-8,18H,1-6H2. The summed E-state index contributed by atoms with van der Waals surface area (Å²) in [5, 5.41) is 8.68. The molecule has 0 aliphatic carbocycles. The third-order valence-electron chi connectivity index (χ3n) is 2.18. The normalized spacial score (nSPS) is 11.7. The fourth-order valence-electron chi connectivity index (χ4n) is 1.30. The number of hydrogen-bond acceptors (Lipinski definition) is 5. The summed E-state index contributed by atoms with van der Waals surface area (Å²) in [5.74, 6) is 0.254. The lowest BCUT2D eigenvalue weighted by molar-refractivity contribution is 0.0243. The van der Waals surface area contributed by atoms with Crippen molar-refractivity contribution < 1.29 is 19.3 Å². The van der Waals surface area contributed by atoms with Gasteiger partial charge in [0, 0.05) is 11.6 Å². The Morgan fingerprint density at radius 2 is 1.62 bits per heavy atom. The quantitative estimate of drug-likeness (QED) is 0.406. The maximum atomic E-state index is 8.50. The Balaban J connectivity index is 2.31. The highest BCUT2D eigenvalue weighted by atomic mass is 35.6. The second-order valence-corrected chi connectivity index (χ2v) is 6.48. The van der Waals surface area contributed by atoms with Crippen LogP contribution in [0.25, 0.3) is 0 Å². The maximum absolute atomic E-state index is 8.50. The van der Waals surface area contributed by atoms with E-state index < -0.39 is 3.79 Å². The Kier molecular flexibility index (Phi) is 8.97. The molecule has 0 unspecified atom stereocenters. The van der Waals surface area contributed by atoms with Crippen molar-refractivity contribution in [3.05, 3.63) is 22.8 Å². The van der Waals surface area contributed by atoms with Gasteiger partial charge in [-0.25, -0.2) is 4.98 Å². The van der Waals surface area contributed by atoms with Crippen LogP contribution in [0.1, 0.15) is 5.56 Å². The average Bonchev–Trinajstić information content (AvgIpc) is 2.40. The first kappa shape index (κ1) is 19.0. The van der Waals surface area contributed by atoms with Crippen LogP contribution in [0.4, 0.5) is 0 Å². The molecule has 9 heteroatoms. The van der Waals surface area contributed by atoms with Gasteiger partial charge in [0.05, 0.1) is 33.0 Å². The van der Waals surface area contributed by atoms with Crippen LogP contribution in [0.15, 0.2) is 12.1 Å². The summed E-state index contributed by atoms with van der Waals surface area (Å²) in [6, 6.07) is 2.96. The number of aromatic nitrogens is 1. The van der Waals surface area contributed by atoms with Crippen LogP contribution >= 0.6 is 46.4 Å². The molecule has 0 aromatic carbocycles. The van der Waals surface area contributed by atoms with Gasteiger partial charge >= 0.3 is 0 Å². The van der Waals surface area contributed by atoms with Crippen LogP contribution in [0.5, 0.6) is 5.88 Å². The van der Waals surface area contributed by atoms with E-state index in [1.54, 1.807) is 0 Å². The van der Waals surface area contributed by atoms with Gasteiger partial charge in [0.25, 0.3) is 0 Å². The van der Waals surface area contributed by atoms with E-state index >= 15 is 0 Å². The molecule has 5 nitrogen and oxygen atoms in total. The number of aliphatic hydroxyl groups is 1. The van der Waals surface area contributed by atoms with E-state index in [1.165, 1.54) is 12.1 Å². The lowest BCUT2D eigenvalue weighted by Gasteiger charge is -2.13. The molecule has 1 aromatic heterocycles. The minimum atomic E-state index is -1.59. The van der Waals surface area contributed by atoms with E-state index in [9.17, 15) is 0 Å². The van der Waals surface area contributed by atoms with E-state index in [1.807, 2.05) is 0 Å². The van der Waals surface area contributed by atoms with Gasteiger partial charge in [0.2, 0.25) is 9.67 Å². The first-order valence-electron chi connectivity index (χ1n) is 6.07. The largest absolute Gasteiger partial charge is 0.475 e. The zero-order valence-corrected chi connectivity index (χ0v) is 14.1. The van der Waals surface area contributed by atoms with Crippen molar-refractivity contribution >= 4 is 46.4 Å². The molecule has 1 aromatic rings. The highest BCUT2D eigenvalue weighted by molar-refractivity contribution is 6.66. The van der Waals surface area contributed by atoms with Gasteiger partial charge in [-0.05, 0) is 6.07 Å². The van der Waals surface area contributed by atoms with Crippen molar-refractivity contribution in [1.82, 2.24) is 4.98 Å². The highest BCUT2D eigenvalue weighted by Gasteiger charge is 2.24. The predicted molar refractivity (Wildman–Crippen MR) is 82.7 cm³/mol. The first-order valence-corrected chi connectivity index (χ1v) is 7.58. The number of halogens is 4. The molecule has 0 atom stereocenters. The van der Waals surface area contributed by atoms with Crippen LogP contribution < -0.4 is 4.74 Å². The number of rotatable bonds is 9. The molecule has 0 bridgehead atoms. The van der Waals surface area contributed by atoms with Crippen molar-refractivity contribution in [2.45, 2.75) is 3.79 Å². The number of alkyl halides is 3. The first-order chi connectivity index (χ1) is 9.93. The van der Waals surface area contributed by atoms with Crippen molar-refractivity contribution in [3.8, 4) is 5.88 Å². The minimum absolute atomic E-state index is 0.00488. The fourth-order valence-corrected chi connectivity index (χ4v) is 1.83. The van der Waals surface area contributed by atoms with Gasteiger partial charge < -0.3 is 19.3 Å². The summed E-state index contributed by atoms with van der Waals surface area (Å²) >= 11 is 23.2. The topological polar surface area (TPSA) is 60.8 Å². The molecular formula is C12H15Cl4NO4. The third-order valence-corrected chi connectivity index (χ3v) is 3.03. The molecule has 0 saturated heterocycles. The molecule has 0 saturated carbocycles. The lowest BCUT2D eigenvalue weighted by atomic mass is 10.3. The monoisotopic (exact) mass is 377 g/mol. The number of hydrogen-bond donors (Lipinski definition) is 1. The summed E-state index contributed by atoms with van der Waals surface area (Å²) in [6.07, 6.45) is 0. The van der Waals surface area contributed by atoms with Crippen LogP contribution in [-0.2, 0) is 13.3 Å². The number of ether oxygens (including phenoxy) is 3. The van der Waals surface area contributed by atoms with Crippen LogP contribution in [0.3, 0.4) is 0 Å². The molecule has 0 aliphatic heterocycles. The van der Waals surface area contributed by atoms with E-state index in [0.717, 1.165) is 0 Å². The maximum Gasteiger partial charge on any atom is 0.216 e. The average molecular weight is 379 g/mol. The summed E-state index contributed by atoms with van der Waals surface area (Å²) in [7, 11) is 0. The highest BCUT2D eigenvalue weighted by Crippen LogP contribution is 2.39. The number of aliphatic hydroxyl groups excluding tert-OH is 1. The van der Waals surface area contributed by atoms with Gasteiger partial charge in [-0.15, -0.1) is 0 Å². The Morgan fingerprint density at radius 1 is 1.00 bits per heavy atom. The molecule has 0 amide bonds. The molecule has 21 heavy (non-hydrogen) atoms. The van der Waals surface area contributed by atoms with Gasteiger partial charge in [-0.2, -0.15) is 0 Å². The van der Waals surface area contributed by atoms with Crippen LogP contribution in [0, 0.1) is 0 Å². The molecule has 1 rings (SSSR count). The molecule has 1 heterocycles. The molecule has 0 spiro atoms. The molecule has 120 valence electrons. The second kappa shape index (κ2) is 9.90. The molecule has 0 fully saturated rings. The Morgan fingerprint density at radius 3 is 2.24 bits per heavy atom. The van der Waals surface area contributed by atoms with Gasteiger partial charge in [-0.1, -0.05) is 46.4 Å². The van der Waals surface area contributed by atoms with E-state index in [-0.39, 0.29) is 24.2 Å². The van der Waals surface area contributed by atoms with Gasteiger partial charge in [-0.3, -0.25) is 0 Å². The van der Waals surface area contributed by atoms with Gasteiger partial charge in [0.1, 0.15) is 11.8 Å². The zero-order chi connectivity index (χ0) is 15.7. The van der Waals surface area contributed by atoms with Gasteiger partial charge in [0.15, 0.2) is 0 Å². The summed E-state index contributed by atoms with van der Waals surface area (Å²) in [5.41, 5.74) is 0.376. The van der Waals surface area contributed by atoms with E-state index in [2.05, 4.69) is 4.98 Å². The van der Waals surface area contributed by atoms with Crippen molar-refractivity contribution in [1.29, 1.82) is 0 Å². The van der Waals surface area contributed by atoms with E-state index in [4.69, 9.17) is 65.7 Å². The lowest BCUT2D eigenvalue weighted by Crippen LogP contribution is -2.12. The summed E-state index contributed by atoms with van der Waals surface area (Å²) in [6.45, 7) is 1.73. The second-order valence-electron chi connectivity index (χ2n) is 3.81. The predicted octanol–water partition coefficient (Wildman–Crippen LogP) is 2.97. The molecular weight excluding hydrogens is 364 g/mol. The Labute approximate surface area is 143 Å². The van der Waals surface area contributed by atoms with Crippen LogP contribution in [0.2, 0.25) is 5.15 Å². The summed E-state index contributed by atoms with van der Waals surface area (Å²) < 4.78 is 14.1. The molecule has 0 aliphatic rings. The number of nitrogens with zero attached hydrogens (tertiary/aromatic N) is 1. The molecule has 1 N–H and O–H groups in total. The Hall–Kier alpha value is -0.0100. The molecule has 0 radical (unpaired) electrons. The van der Waals surface area contributed by atoms with Crippen molar-refractivity contribution in [3.63, 3.8) is 0 Å². The number of pyridine rings is 1. The fraction of sp³-hybridized carbons (Fsp3) is 0.583.